The van der Waals surface area contributed by atoms with Gasteiger partial charge in [0.1, 0.15) is 23.4 Å². The molecule has 0 bridgehead atoms. The number of methoxy groups -OCH3 is 1. The number of carbonyl (C=O) groups is 2. The predicted molar refractivity (Wildman–Crippen MR) is 106 cm³/mol. The Morgan fingerprint density at radius 1 is 1.31 bits per heavy atom. The van der Waals surface area contributed by atoms with Gasteiger partial charge in [-0.25, -0.2) is 4.39 Å². The third-order valence-electron chi connectivity index (χ3n) is 5.47. The standard InChI is InChI=1S/C21H21F4N3O4/c1-10-14(22)5-4-12(16(10)31-3)13-9-20(2,21(23,24)25)32-17(13)19(30)28-11-6-7-27-15(8-11)18(26)29/h4-8,13,17H,9H2,1-3H3,(H2,26,29)(H,27,28,30)/t13-,17+,20+/m1/s1. The molecule has 0 radical (unpaired) electrons. The van der Waals surface area contributed by atoms with Crippen LogP contribution in [0.4, 0.5) is 23.2 Å². The van der Waals surface area contributed by atoms with Gasteiger partial charge in [0, 0.05) is 28.9 Å². The highest BCUT2D eigenvalue weighted by Crippen LogP contribution is 2.51. The first kappa shape index (κ1) is 23.5. The fourth-order valence-electron chi connectivity index (χ4n) is 3.74. The maximum Gasteiger partial charge on any atom is 0.417 e. The Balaban J connectivity index is 2.01. The second-order valence-corrected chi connectivity index (χ2v) is 7.66. The number of hydrogen-bond donors (Lipinski definition) is 2. The minimum absolute atomic E-state index is 0.0442. The van der Waals surface area contributed by atoms with Crippen LogP contribution in [0.15, 0.2) is 30.5 Å². The molecule has 1 aliphatic rings. The van der Waals surface area contributed by atoms with Crippen LogP contribution in [0.2, 0.25) is 0 Å². The van der Waals surface area contributed by atoms with Crippen molar-refractivity contribution in [2.75, 3.05) is 12.4 Å². The Bertz CT molecular complexity index is 1060. The lowest BCUT2D eigenvalue weighted by atomic mass is 9.85. The van der Waals surface area contributed by atoms with Gasteiger partial charge in [0.05, 0.1) is 7.11 Å². The maximum absolute atomic E-state index is 14.0. The van der Waals surface area contributed by atoms with Crippen LogP contribution in [0, 0.1) is 12.7 Å². The van der Waals surface area contributed by atoms with Crippen molar-refractivity contribution >= 4 is 17.5 Å². The molecule has 2 aromatic rings. The lowest BCUT2D eigenvalue weighted by Crippen LogP contribution is -2.43. The van der Waals surface area contributed by atoms with Gasteiger partial charge in [-0.3, -0.25) is 14.6 Å². The third-order valence-corrected chi connectivity index (χ3v) is 5.47. The number of anilines is 1. The van der Waals surface area contributed by atoms with Gasteiger partial charge in [-0.1, -0.05) is 6.07 Å². The molecule has 1 saturated heterocycles. The summed E-state index contributed by atoms with van der Waals surface area (Å²) in [5.41, 5.74) is 2.83. The molecule has 1 aliphatic heterocycles. The molecular weight excluding hydrogens is 434 g/mol. The number of ether oxygens (including phenoxy) is 2. The predicted octanol–water partition coefficient (Wildman–Crippen LogP) is 3.47. The first-order chi connectivity index (χ1) is 14.9. The average Bonchev–Trinajstić information content (AvgIpc) is 3.09. The fraction of sp³-hybridized carbons (Fsp3) is 0.381. The number of amides is 2. The summed E-state index contributed by atoms with van der Waals surface area (Å²) in [6.45, 7) is 2.28. The van der Waals surface area contributed by atoms with E-state index < -0.39 is 47.9 Å². The number of rotatable bonds is 5. The van der Waals surface area contributed by atoms with Crippen molar-refractivity contribution in [3.8, 4) is 5.75 Å². The highest BCUT2D eigenvalue weighted by atomic mass is 19.4. The molecule has 0 saturated carbocycles. The highest BCUT2D eigenvalue weighted by Gasteiger charge is 2.61. The first-order valence-corrected chi connectivity index (χ1v) is 9.52. The van der Waals surface area contributed by atoms with Crippen LogP contribution >= 0.6 is 0 Å². The van der Waals surface area contributed by atoms with Crippen molar-refractivity contribution in [1.82, 2.24) is 4.98 Å². The van der Waals surface area contributed by atoms with E-state index in [9.17, 15) is 27.2 Å². The normalized spacial score (nSPS) is 23.1. The van der Waals surface area contributed by atoms with Gasteiger partial charge in [-0.05, 0) is 38.5 Å². The summed E-state index contributed by atoms with van der Waals surface area (Å²) in [4.78, 5) is 28.0. The van der Waals surface area contributed by atoms with Crippen LogP contribution in [-0.4, -0.2) is 41.8 Å². The van der Waals surface area contributed by atoms with E-state index in [1.54, 1.807) is 0 Å². The summed E-state index contributed by atoms with van der Waals surface area (Å²) in [5.74, 6) is -3.36. The van der Waals surface area contributed by atoms with Crippen LogP contribution in [0.5, 0.6) is 5.75 Å². The lowest BCUT2D eigenvalue weighted by molar-refractivity contribution is -0.261. The molecule has 0 aliphatic carbocycles. The van der Waals surface area contributed by atoms with Crippen molar-refractivity contribution in [3.63, 3.8) is 0 Å². The van der Waals surface area contributed by atoms with E-state index >= 15 is 0 Å². The van der Waals surface area contributed by atoms with Crippen LogP contribution < -0.4 is 15.8 Å². The summed E-state index contributed by atoms with van der Waals surface area (Å²) in [5, 5.41) is 2.44. The third kappa shape index (κ3) is 4.24. The van der Waals surface area contributed by atoms with E-state index in [1.165, 1.54) is 38.4 Å². The minimum Gasteiger partial charge on any atom is -0.496 e. The average molecular weight is 455 g/mol. The first-order valence-electron chi connectivity index (χ1n) is 9.52. The summed E-state index contributed by atoms with van der Waals surface area (Å²) in [6.07, 6.45) is -5.71. The Labute approximate surface area is 180 Å². The smallest absolute Gasteiger partial charge is 0.417 e. The number of hydrogen-bond acceptors (Lipinski definition) is 5. The summed E-state index contributed by atoms with van der Waals surface area (Å²) in [7, 11) is 1.27. The van der Waals surface area contributed by atoms with E-state index in [0.29, 0.717) is 0 Å². The topological polar surface area (TPSA) is 104 Å². The number of nitrogens with two attached hydrogens (primary N) is 1. The molecular formula is C21H21F4N3O4. The Hall–Kier alpha value is -3.21. The summed E-state index contributed by atoms with van der Waals surface area (Å²) in [6, 6.07) is 4.93. The van der Waals surface area contributed by atoms with Gasteiger partial charge in [0.25, 0.3) is 11.8 Å². The maximum atomic E-state index is 14.0. The molecule has 1 fully saturated rings. The Morgan fingerprint density at radius 3 is 2.59 bits per heavy atom. The Kier molecular flexibility index (Phi) is 6.14. The fourth-order valence-corrected chi connectivity index (χ4v) is 3.74. The highest BCUT2D eigenvalue weighted by molar-refractivity contribution is 5.97. The number of nitrogens with one attached hydrogen (secondary N) is 1. The van der Waals surface area contributed by atoms with Crippen molar-refractivity contribution in [2.24, 2.45) is 5.73 Å². The molecule has 2 amide bonds. The number of nitrogens with zero attached hydrogens (tertiary/aromatic N) is 1. The van der Waals surface area contributed by atoms with Crippen molar-refractivity contribution in [2.45, 2.75) is 44.1 Å². The zero-order chi connectivity index (χ0) is 23.8. The quantitative estimate of drug-likeness (QED) is 0.672. The molecule has 3 N–H and O–H groups in total. The number of halogens is 4. The van der Waals surface area contributed by atoms with E-state index in [-0.39, 0.29) is 28.3 Å². The van der Waals surface area contributed by atoms with E-state index in [2.05, 4.69) is 10.3 Å². The van der Waals surface area contributed by atoms with Crippen molar-refractivity contribution in [1.29, 1.82) is 0 Å². The molecule has 3 rings (SSSR count). The summed E-state index contributed by atoms with van der Waals surface area (Å²) < 4.78 is 65.8. The number of primary amides is 1. The molecule has 1 aromatic heterocycles. The van der Waals surface area contributed by atoms with Gasteiger partial charge >= 0.3 is 6.18 Å². The van der Waals surface area contributed by atoms with Gasteiger partial charge in [-0.15, -0.1) is 0 Å². The number of pyridine rings is 1. The van der Waals surface area contributed by atoms with Crippen molar-refractivity contribution in [3.05, 3.63) is 53.1 Å². The summed E-state index contributed by atoms with van der Waals surface area (Å²) >= 11 is 0. The largest absolute Gasteiger partial charge is 0.496 e. The van der Waals surface area contributed by atoms with Crippen molar-refractivity contribution < 1.29 is 36.6 Å². The zero-order valence-corrected chi connectivity index (χ0v) is 17.4. The van der Waals surface area contributed by atoms with Gasteiger partial charge in [-0.2, -0.15) is 13.2 Å². The number of aromatic nitrogens is 1. The van der Waals surface area contributed by atoms with E-state index in [4.69, 9.17) is 15.2 Å². The molecule has 11 heteroatoms. The SMILES string of the molecule is COc1c([C@H]2C[C@@](C)(C(F)(F)F)O[C@@H]2C(=O)Nc2ccnc(C(N)=O)c2)ccc(F)c1C. The van der Waals surface area contributed by atoms with Gasteiger partial charge < -0.3 is 20.5 Å². The van der Waals surface area contributed by atoms with E-state index in [1.807, 2.05) is 0 Å². The second kappa shape index (κ2) is 8.38. The molecule has 0 unspecified atom stereocenters. The van der Waals surface area contributed by atoms with E-state index in [0.717, 1.165) is 13.0 Å². The second-order valence-electron chi connectivity index (χ2n) is 7.66. The minimum atomic E-state index is -4.77. The lowest BCUT2D eigenvalue weighted by Gasteiger charge is -2.27. The molecule has 1 aromatic carbocycles. The molecule has 3 atom stereocenters. The van der Waals surface area contributed by atoms with Crippen LogP contribution in [0.1, 0.15) is 40.9 Å². The number of carbonyl (C=O) groups excluding carboxylic acids is 2. The van der Waals surface area contributed by atoms with Gasteiger partial charge in [0.15, 0.2) is 5.60 Å². The van der Waals surface area contributed by atoms with Gasteiger partial charge in [0.2, 0.25) is 0 Å². The Morgan fingerprint density at radius 2 is 2.00 bits per heavy atom. The zero-order valence-electron chi connectivity index (χ0n) is 17.4. The van der Waals surface area contributed by atoms with Crippen LogP contribution in [0.3, 0.4) is 0 Å². The van der Waals surface area contributed by atoms with Crippen LogP contribution in [-0.2, 0) is 9.53 Å². The molecule has 32 heavy (non-hydrogen) atoms. The monoisotopic (exact) mass is 455 g/mol. The number of benzene rings is 1. The molecule has 7 nitrogen and oxygen atoms in total. The van der Waals surface area contributed by atoms with Crippen LogP contribution in [0.25, 0.3) is 0 Å². The molecule has 0 spiro atoms. The molecule has 2 heterocycles. The molecule has 172 valence electrons. The number of alkyl halides is 3.